The Morgan fingerprint density at radius 1 is 1.10 bits per heavy atom. The Bertz CT molecular complexity index is 1110. The number of carbonyl (C=O) groups excluding carboxylic acids is 2. The van der Waals surface area contributed by atoms with Gasteiger partial charge in [-0.2, -0.15) is 0 Å². The summed E-state index contributed by atoms with van der Waals surface area (Å²) in [6.45, 7) is 2.28. The highest BCUT2D eigenvalue weighted by Crippen LogP contribution is 2.45. The van der Waals surface area contributed by atoms with Crippen molar-refractivity contribution in [3.63, 3.8) is 0 Å². The molecule has 1 unspecified atom stereocenters. The number of anilines is 1. The lowest BCUT2D eigenvalue weighted by atomic mass is 9.89. The lowest BCUT2D eigenvalue weighted by Gasteiger charge is -2.22. The molecule has 1 amide bonds. The summed E-state index contributed by atoms with van der Waals surface area (Å²) in [6.07, 6.45) is -0.375. The van der Waals surface area contributed by atoms with Gasteiger partial charge in [-0.3, -0.25) is 9.59 Å². The number of nitrogens with zero attached hydrogens (tertiary/aromatic N) is 1. The summed E-state index contributed by atoms with van der Waals surface area (Å²) in [4.78, 5) is 28.0. The van der Waals surface area contributed by atoms with Gasteiger partial charge in [-0.05, 0) is 42.8 Å². The first-order valence-electron chi connectivity index (χ1n) is 8.96. The molecule has 0 fully saturated rings. The molecule has 4 nitrogen and oxygen atoms in total. The van der Waals surface area contributed by atoms with Gasteiger partial charge in [0.05, 0.1) is 27.9 Å². The maximum Gasteiger partial charge on any atom is 0.264 e. The van der Waals surface area contributed by atoms with Gasteiger partial charge in [0.1, 0.15) is 0 Å². The van der Waals surface area contributed by atoms with Crippen LogP contribution in [-0.4, -0.2) is 16.8 Å². The molecule has 1 aliphatic rings. The molecule has 2 aromatic carbocycles. The first-order valence-corrected chi connectivity index (χ1v) is 10.5. The van der Waals surface area contributed by atoms with Gasteiger partial charge in [0.2, 0.25) is 0 Å². The van der Waals surface area contributed by atoms with Crippen LogP contribution in [-0.2, 0) is 16.9 Å². The van der Waals surface area contributed by atoms with E-state index in [1.807, 2.05) is 31.2 Å². The number of rotatable bonds is 5. The number of fused-ring (bicyclic) bond motifs is 1. The van der Waals surface area contributed by atoms with E-state index in [-0.39, 0.29) is 18.7 Å². The molecule has 0 spiro atoms. The van der Waals surface area contributed by atoms with Gasteiger partial charge in [-0.15, -0.1) is 11.3 Å². The number of hydrogen-bond acceptors (Lipinski definition) is 4. The van der Waals surface area contributed by atoms with Crippen LogP contribution in [0.4, 0.5) is 5.69 Å². The van der Waals surface area contributed by atoms with Crippen molar-refractivity contribution in [1.29, 1.82) is 0 Å². The minimum Gasteiger partial charge on any atom is -0.375 e. The third kappa shape index (κ3) is 3.71. The number of benzene rings is 2. The monoisotopic (exact) mass is 445 g/mol. The molecule has 148 valence electrons. The Labute approximate surface area is 182 Å². The highest BCUT2D eigenvalue weighted by Gasteiger charge is 2.51. The molecule has 0 radical (unpaired) electrons. The fourth-order valence-corrected chi connectivity index (χ4v) is 4.66. The Kier molecular flexibility index (Phi) is 5.25. The Balaban J connectivity index is 1.71. The van der Waals surface area contributed by atoms with E-state index in [1.54, 1.807) is 30.3 Å². The molecule has 0 saturated carbocycles. The highest BCUT2D eigenvalue weighted by atomic mass is 35.5. The van der Waals surface area contributed by atoms with Crippen molar-refractivity contribution in [2.75, 3.05) is 4.90 Å². The second kappa shape index (κ2) is 7.58. The molecule has 0 saturated heterocycles. The van der Waals surface area contributed by atoms with E-state index in [0.717, 1.165) is 22.5 Å². The number of aliphatic hydroxyl groups is 1. The largest absolute Gasteiger partial charge is 0.375 e. The third-order valence-corrected chi connectivity index (χ3v) is 6.53. The van der Waals surface area contributed by atoms with Gasteiger partial charge in [0, 0.05) is 10.6 Å². The number of Topliss-reactive ketones (excluding diaryl/α,β-unsaturated/α-hetero) is 1. The fraction of sp³-hybridized carbons (Fsp3) is 0.182. The van der Waals surface area contributed by atoms with E-state index in [2.05, 4.69) is 0 Å². The van der Waals surface area contributed by atoms with Crippen molar-refractivity contribution in [2.24, 2.45) is 0 Å². The number of ketones is 1. The second-order valence-corrected chi connectivity index (χ2v) is 9.25. The average molecular weight is 446 g/mol. The van der Waals surface area contributed by atoms with Crippen molar-refractivity contribution in [2.45, 2.75) is 25.5 Å². The maximum absolute atomic E-state index is 13.3. The van der Waals surface area contributed by atoms with Crippen molar-refractivity contribution in [1.82, 2.24) is 0 Å². The van der Waals surface area contributed by atoms with Crippen LogP contribution < -0.4 is 4.90 Å². The summed E-state index contributed by atoms with van der Waals surface area (Å²) in [6, 6.07) is 16.0. The smallest absolute Gasteiger partial charge is 0.264 e. The zero-order valence-corrected chi connectivity index (χ0v) is 17.8. The van der Waals surface area contributed by atoms with E-state index in [0.29, 0.717) is 25.5 Å². The van der Waals surface area contributed by atoms with E-state index < -0.39 is 11.5 Å². The molecule has 2 heterocycles. The van der Waals surface area contributed by atoms with Gasteiger partial charge in [0.15, 0.2) is 11.4 Å². The summed E-state index contributed by atoms with van der Waals surface area (Å²) >= 11 is 13.2. The molecule has 29 heavy (non-hydrogen) atoms. The molecule has 1 aliphatic heterocycles. The van der Waals surface area contributed by atoms with Gasteiger partial charge in [-0.1, -0.05) is 53.0 Å². The molecule has 7 heteroatoms. The lowest BCUT2D eigenvalue weighted by molar-refractivity contribution is -0.136. The van der Waals surface area contributed by atoms with Crippen LogP contribution in [0.3, 0.4) is 0 Å². The molecule has 4 rings (SSSR count). The number of amides is 1. The second-order valence-electron chi connectivity index (χ2n) is 7.10. The summed E-state index contributed by atoms with van der Waals surface area (Å²) in [7, 11) is 0. The predicted octanol–water partition coefficient (Wildman–Crippen LogP) is 5.37. The quantitative estimate of drug-likeness (QED) is 0.536. The zero-order chi connectivity index (χ0) is 20.8. The number of aryl methyl sites for hydroxylation is 1. The standard InChI is InChI=1S/C22H17Cl2NO3S/c1-13-2-4-14(5-3-13)12-25-17-7-6-15(23)10-16(17)22(28,21(25)27)11-18(26)19-8-9-20(24)29-19/h2-10,28H,11-12H2,1H3. The predicted molar refractivity (Wildman–Crippen MR) is 116 cm³/mol. The summed E-state index contributed by atoms with van der Waals surface area (Å²) in [5.41, 5.74) is 0.965. The van der Waals surface area contributed by atoms with Crippen LogP contribution in [0.25, 0.3) is 0 Å². The molecule has 1 aromatic heterocycles. The highest BCUT2D eigenvalue weighted by molar-refractivity contribution is 7.18. The van der Waals surface area contributed by atoms with Crippen LogP contribution in [0.2, 0.25) is 9.36 Å². The minimum atomic E-state index is -1.97. The van der Waals surface area contributed by atoms with Crippen molar-refractivity contribution in [3.8, 4) is 0 Å². The Morgan fingerprint density at radius 2 is 1.83 bits per heavy atom. The first kappa shape index (κ1) is 20.1. The number of halogens is 2. The van der Waals surface area contributed by atoms with Gasteiger partial charge >= 0.3 is 0 Å². The molecule has 1 atom stereocenters. The van der Waals surface area contributed by atoms with E-state index in [4.69, 9.17) is 23.2 Å². The van der Waals surface area contributed by atoms with E-state index in [9.17, 15) is 14.7 Å². The van der Waals surface area contributed by atoms with Crippen LogP contribution in [0, 0.1) is 6.92 Å². The van der Waals surface area contributed by atoms with Crippen LogP contribution in [0.1, 0.15) is 32.8 Å². The van der Waals surface area contributed by atoms with Crippen LogP contribution in [0.15, 0.2) is 54.6 Å². The lowest BCUT2D eigenvalue weighted by Crippen LogP contribution is -2.41. The summed E-state index contributed by atoms with van der Waals surface area (Å²) in [5, 5.41) is 11.8. The van der Waals surface area contributed by atoms with Gasteiger partial charge in [0.25, 0.3) is 5.91 Å². The molecular weight excluding hydrogens is 429 g/mol. The Hall–Kier alpha value is -2.18. The van der Waals surface area contributed by atoms with Gasteiger partial charge in [-0.25, -0.2) is 0 Å². The van der Waals surface area contributed by atoms with E-state index >= 15 is 0 Å². The normalized spacial score (nSPS) is 18.2. The zero-order valence-electron chi connectivity index (χ0n) is 15.5. The third-order valence-electron chi connectivity index (χ3n) is 5.02. The molecular formula is C22H17Cl2NO3S. The molecule has 3 aromatic rings. The summed E-state index contributed by atoms with van der Waals surface area (Å²) < 4.78 is 0.475. The average Bonchev–Trinajstić information content (AvgIpc) is 3.20. The Morgan fingerprint density at radius 3 is 2.48 bits per heavy atom. The molecule has 1 N–H and O–H groups in total. The van der Waals surface area contributed by atoms with Crippen LogP contribution in [0.5, 0.6) is 0 Å². The van der Waals surface area contributed by atoms with E-state index in [1.165, 1.54) is 4.90 Å². The minimum absolute atomic E-state index is 0.287. The topological polar surface area (TPSA) is 57.6 Å². The number of carbonyl (C=O) groups is 2. The van der Waals surface area contributed by atoms with Crippen molar-refractivity contribution >= 4 is 51.9 Å². The van der Waals surface area contributed by atoms with Gasteiger partial charge < -0.3 is 10.0 Å². The molecule has 0 aliphatic carbocycles. The maximum atomic E-state index is 13.3. The number of thiophene rings is 1. The van der Waals surface area contributed by atoms with Crippen LogP contribution >= 0.6 is 34.5 Å². The van der Waals surface area contributed by atoms with Crippen molar-refractivity contribution < 1.29 is 14.7 Å². The van der Waals surface area contributed by atoms with Crippen molar-refractivity contribution in [3.05, 3.63) is 85.5 Å². The fourth-order valence-electron chi connectivity index (χ4n) is 3.51. The molecule has 0 bridgehead atoms. The summed E-state index contributed by atoms with van der Waals surface area (Å²) in [5.74, 6) is -0.882. The SMILES string of the molecule is Cc1ccc(CN2C(=O)C(O)(CC(=O)c3ccc(Cl)s3)c3cc(Cl)ccc32)cc1. The number of hydrogen-bond donors (Lipinski definition) is 1. The first-order chi connectivity index (χ1) is 13.8.